The van der Waals surface area contributed by atoms with Gasteiger partial charge < -0.3 is 5.32 Å². The van der Waals surface area contributed by atoms with Crippen molar-refractivity contribution in [3.05, 3.63) is 155 Å². The second-order valence-electron chi connectivity index (χ2n) is 9.92. The van der Waals surface area contributed by atoms with Gasteiger partial charge in [0.25, 0.3) is 0 Å². The molecule has 0 saturated heterocycles. The van der Waals surface area contributed by atoms with Gasteiger partial charge in [-0.15, -0.1) is 0 Å². The molecule has 1 aliphatic heterocycles. The molecule has 0 radical (unpaired) electrons. The molecule has 0 fully saturated rings. The molecule has 0 saturated carbocycles. The number of amidine groups is 1. The third-order valence-electron chi connectivity index (χ3n) is 7.40. The Balaban J connectivity index is 1.25. The second-order valence-corrected chi connectivity index (χ2v) is 10.4. The molecule has 3 nitrogen and oxygen atoms in total. The number of nitrogens with one attached hydrogen (secondary N) is 2. The molecule has 188 valence electrons. The highest BCUT2D eigenvalue weighted by Gasteiger charge is 2.25. The molecule has 1 aliphatic rings. The maximum atomic E-state index is 6.19. The number of nitrogens with zero attached hydrogens (tertiary/aromatic N) is 1. The van der Waals surface area contributed by atoms with E-state index in [4.69, 9.17) is 16.6 Å². The first kappa shape index (κ1) is 23.7. The molecule has 0 spiro atoms. The van der Waals surface area contributed by atoms with Crippen LogP contribution in [0.15, 0.2) is 138 Å². The summed E-state index contributed by atoms with van der Waals surface area (Å²) in [5, 5.41) is 12.9. The van der Waals surface area contributed by atoms with Gasteiger partial charge >= 0.3 is 0 Å². The average molecular weight is 524 g/mol. The van der Waals surface area contributed by atoms with Crippen LogP contribution >= 0.6 is 11.6 Å². The van der Waals surface area contributed by atoms with Crippen LogP contribution in [-0.4, -0.2) is 5.84 Å². The highest BCUT2D eigenvalue weighted by molar-refractivity contribution is 6.30. The first-order chi connectivity index (χ1) is 19.2. The van der Waals surface area contributed by atoms with Gasteiger partial charge in [0.1, 0.15) is 18.2 Å². The molecule has 2 N–H and O–H groups in total. The summed E-state index contributed by atoms with van der Waals surface area (Å²) < 4.78 is 0. The quantitative estimate of drug-likeness (QED) is 0.242. The van der Waals surface area contributed by atoms with Crippen LogP contribution in [0, 0.1) is 0 Å². The van der Waals surface area contributed by atoms with E-state index in [9.17, 15) is 0 Å². The number of halogens is 1. The van der Waals surface area contributed by atoms with Crippen molar-refractivity contribution in [1.82, 2.24) is 10.6 Å². The van der Waals surface area contributed by atoms with E-state index < -0.39 is 0 Å². The molecule has 7 rings (SSSR count). The maximum absolute atomic E-state index is 6.19. The Kier molecular flexibility index (Phi) is 6.08. The van der Waals surface area contributed by atoms with Crippen molar-refractivity contribution < 1.29 is 0 Å². The Hall–Kier alpha value is -4.44. The molecule has 6 aromatic carbocycles. The first-order valence-electron chi connectivity index (χ1n) is 13.1. The summed E-state index contributed by atoms with van der Waals surface area (Å²) in [6, 6.07) is 46.7. The monoisotopic (exact) mass is 523 g/mol. The summed E-state index contributed by atoms with van der Waals surface area (Å²) >= 11 is 6.19. The van der Waals surface area contributed by atoms with E-state index >= 15 is 0 Å². The zero-order valence-electron chi connectivity index (χ0n) is 21.2. The Morgan fingerprint density at radius 1 is 0.513 bits per heavy atom. The van der Waals surface area contributed by atoms with Gasteiger partial charge in [0.05, 0.1) is 0 Å². The number of fused-ring (bicyclic) bond motifs is 2. The van der Waals surface area contributed by atoms with Crippen LogP contribution in [0.3, 0.4) is 0 Å². The van der Waals surface area contributed by atoms with Crippen LogP contribution in [0.5, 0.6) is 0 Å². The van der Waals surface area contributed by atoms with Crippen LogP contribution in [-0.2, 0) is 0 Å². The summed E-state index contributed by atoms with van der Waals surface area (Å²) in [4.78, 5) is 5.13. The Morgan fingerprint density at radius 3 is 1.79 bits per heavy atom. The van der Waals surface area contributed by atoms with Crippen LogP contribution in [0.2, 0.25) is 5.02 Å². The molecule has 0 aliphatic carbocycles. The Bertz CT molecular complexity index is 1820. The van der Waals surface area contributed by atoms with E-state index in [2.05, 4.69) is 132 Å². The van der Waals surface area contributed by atoms with E-state index in [1.165, 1.54) is 32.7 Å². The summed E-state index contributed by atoms with van der Waals surface area (Å²) in [6.45, 7) is 0. The fourth-order valence-corrected chi connectivity index (χ4v) is 5.40. The van der Waals surface area contributed by atoms with Gasteiger partial charge in [-0.2, -0.15) is 0 Å². The number of benzene rings is 6. The van der Waals surface area contributed by atoms with Gasteiger partial charge in [-0.1, -0.05) is 121 Å². The lowest BCUT2D eigenvalue weighted by Crippen LogP contribution is -2.44. The van der Waals surface area contributed by atoms with Crippen molar-refractivity contribution in [3.8, 4) is 11.1 Å². The molecule has 2 unspecified atom stereocenters. The van der Waals surface area contributed by atoms with Gasteiger partial charge in [0, 0.05) is 10.6 Å². The van der Waals surface area contributed by atoms with Crippen LogP contribution in [0.4, 0.5) is 0 Å². The Morgan fingerprint density at radius 2 is 1.08 bits per heavy atom. The van der Waals surface area contributed by atoms with Crippen molar-refractivity contribution in [2.75, 3.05) is 0 Å². The van der Waals surface area contributed by atoms with Crippen LogP contribution in [0.1, 0.15) is 29.0 Å². The highest BCUT2D eigenvalue weighted by Crippen LogP contribution is 2.29. The third kappa shape index (κ3) is 4.79. The fourth-order valence-electron chi connectivity index (χ4n) is 5.27. The summed E-state index contributed by atoms with van der Waals surface area (Å²) in [5.41, 5.74) is 5.66. The molecule has 1 heterocycles. The van der Waals surface area contributed by atoms with Crippen molar-refractivity contribution in [2.24, 2.45) is 4.99 Å². The van der Waals surface area contributed by atoms with Gasteiger partial charge in [0.15, 0.2) is 0 Å². The number of hydrogen-bond donors (Lipinski definition) is 2. The number of aliphatic imine (C=N–C) groups is 1. The van der Waals surface area contributed by atoms with Crippen molar-refractivity contribution >= 4 is 39.0 Å². The van der Waals surface area contributed by atoms with Gasteiger partial charge in [-0.25, -0.2) is 4.99 Å². The van der Waals surface area contributed by atoms with Gasteiger partial charge in [0.2, 0.25) is 0 Å². The summed E-state index contributed by atoms with van der Waals surface area (Å²) in [6.07, 6.45) is -0.321. The van der Waals surface area contributed by atoms with Crippen molar-refractivity contribution in [2.45, 2.75) is 12.3 Å². The summed E-state index contributed by atoms with van der Waals surface area (Å²) in [7, 11) is 0. The minimum Gasteiger partial charge on any atom is -0.350 e. The molecular weight excluding hydrogens is 498 g/mol. The smallest absolute Gasteiger partial charge is 0.131 e. The first-order valence-corrected chi connectivity index (χ1v) is 13.5. The number of rotatable bonds is 4. The zero-order chi connectivity index (χ0) is 26.2. The van der Waals surface area contributed by atoms with Gasteiger partial charge in [-0.3, -0.25) is 5.32 Å². The van der Waals surface area contributed by atoms with Crippen molar-refractivity contribution in [1.29, 1.82) is 0 Å². The third-order valence-corrected chi connectivity index (χ3v) is 7.65. The predicted octanol–water partition coefficient (Wildman–Crippen LogP) is 8.65. The molecule has 6 aromatic rings. The largest absolute Gasteiger partial charge is 0.350 e. The minimum atomic E-state index is -0.202. The van der Waals surface area contributed by atoms with E-state index in [1.807, 2.05) is 12.1 Å². The fraction of sp³-hybridized carbons (Fsp3) is 0.0571. The molecule has 2 atom stereocenters. The predicted molar refractivity (Wildman–Crippen MR) is 163 cm³/mol. The minimum absolute atomic E-state index is 0.119. The SMILES string of the molecule is Clc1ccc(C2NC(c3ccc(-c4ccc5ccccc5c4)cc3)=NC(c3ccc4ccccc4c3)N2)cc1. The van der Waals surface area contributed by atoms with Crippen molar-refractivity contribution in [3.63, 3.8) is 0 Å². The van der Waals surface area contributed by atoms with E-state index in [-0.39, 0.29) is 12.3 Å². The number of hydrogen-bond acceptors (Lipinski definition) is 3. The van der Waals surface area contributed by atoms with Crippen LogP contribution in [0.25, 0.3) is 32.7 Å². The van der Waals surface area contributed by atoms with E-state index in [1.54, 1.807) is 0 Å². The zero-order valence-corrected chi connectivity index (χ0v) is 21.9. The second kappa shape index (κ2) is 10.0. The maximum Gasteiger partial charge on any atom is 0.131 e. The topological polar surface area (TPSA) is 36.4 Å². The standard InChI is InChI=1S/C35H26ClN3/c36-32-19-17-27(18-20-32)34-37-33(38-35(39-34)31-16-12-24-6-2-4-8-29(24)22-31)26-13-9-25(10-14-26)30-15-11-23-5-1-3-7-28(23)21-30/h1-22,34-35,39H,(H,37,38). The molecular formula is C35H26ClN3. The lowest BCUT2D eigenvalue weighted by atomic mass is 9.99. The van der Waals surface area contributed by atoms with Gasteiger partial charge in [-0.05, 0) is 68.1 Å². The summed E-state index contributed by atoms with van der Waals surface area (Å²) in [5.74, 6) is 0.858. The highest BCUT2D eigenvalue weighted by atomic mass is 35.5. The van der Waals surface area contributed by atoms with E-state index in [0.717, 1.165) is 27.5 Å². The molecule has 4 heteroatoms. The normalized spacial score (nSPS) is 17.1. The molecule has 39 heavy (non-hydrogen) atoms. The lowest BCUT2D eigenvalue weighted by molar-refractivity contribution is 0.409. The van der Waals surface area contributed by atoms with Crippen LogP contribution < -0.4 is 10.6 Å². The average Bonchev–Trinajstić information content (AvgIpc) is 3.01. The molecule has 0 bridgehead atoms. The van der Waals surface area contributed by atoms with E-state index in [0.29, 0.717) is 0 Å². The molecule has 0 aromatic heterocycles. The Labute approximate surface area is 232 Å². The lowest BCUT2D eigenvalue weighted by Gasteiger charge is -2.32. The molecule has 0 amide bonds.